The number of amides is 1. The molecule has 27 heavy (non-hydrogen) atoms. The summed E-state index contributed by atoms with van der Waals surface area (Å²) in [4.78, 5) is 12.1. The van der Waals surface area contributed by atoms with Crippen LogP contribution in [0.1, 0.15) is 0 Å². The SMILES string of the molecule is C=CCn1c(SCC(=O)Nc2ccccc2F)nnc1-c1cccc(F)c1. The number of rotatable bonds is 7. The Morgan fingerprint density at radius 1 is 1.19 bits per heavy atom. The molecule has 0 spiro atoms. The molecule has 0 saturated heterocycles. The highest BCUT2D eigenvalue weighted by atomic mass is 32.2. The summed E-state index contributed by atoms with van der Waals surface area (Å²) in [5.41, 5.74) is 0.697. The molecule has 0 unspecified atom stereocenters. The van der Waals surface area contributed by atoms with Crippen molar-refractivity contribution < 1.29 is 13.6 Å². The van der Waals surface area contributed by atoms with Crippen LogP contribution in [0.4, 0.5) is 14.5 Å². The van der Waals surface area contributed by atoms with Gasteiger partial charge in [0.2, 0.25) is 5.91 Å². The molecule has 0 aliphatic rings. The molecule has 0 bridgehead atoms. The second-order valence-corrected chi connectivity index (χ2v) is 6.48. The maximum Gasteiger partial charge on any atom is 0.234 e. The third kappa shape index (κ3) is 4.59. The number of benzene rings is 2. The molecule has 0 saturated carbocycles. The van der Waals surface area contributed by atoms with Gasteiger partial charge in [-0.2, -0.15) is 0 Å². The normalized spacial score (nSPS) is 10.6. The van der Waals surface area contributed by atoms with E-state index in [1.807, 2.05) is 0 Å². The first kappa shape index (κ1) is 18.8. The Hall–Kier alpha value is -3.00. The van der Waals surface area contributed by atoms with Gasteiger partial charge in [-0.05, 0) is 24.3 Å². The number of carbonyl (C=O) groups is 1. The maximum atomic E-state index is 13.6. The minimum Gasteiger partial charge on any atom is -0.323 e. The number of allylic oxidation sites excluding steroid dienone is 1. The van der Waals surface area contributed by atoms with E-state index in [0.717, 1.165) is 11.8 Å². The number of carbonyl (C=O) groups excluding carboxylic acids is 1. The van der Waals surface area contributed by atoms with Crippen LogP contribution in [0.25, 0.3) is 11.4 Å². The van der Waals surface area contributed by atoms with Crippen molar-refractivity contribution in [2.75, 3.05) is 11.1 Å². The molecule has 1 heterocycles. The zero-order valence-corrected chi connectivity index (χ0v) is 15.0. The number of hydrogen-bond acceptors (Lipinski definition) is 4. The number of aromatic nitrogens is 3. The molecular formula is C19H16F2N4OS. The number of nitrogens with zero attached hydrogens (tertiary/aromatic N) is 3. The Morgan fingerprint density at radius 2 is 2.00 bits per heavy atom. The number of anilines is 1. The molecule has 0 atom stereocenters. The van der Waals surface area contributed by atoms with Gasteiger partial charge in [-0.3, -0.25) is 9.36 Å². The molecule has 0 radical (unpaired) electrons. The average Bonchev–Trinajstić information content (AvgIpc) is 3.05. The molecule has 0 fully saturated rings. The molecule has 138 valence electrons. The quantitative estimate of drug-likeness (QED) is 0.490. The van der Waals surface area contributed by atoms with Gasteiger partial charge in [0.1, 0.15) is 11.6 Å². The van der Waals surface area contributed by atoms with Gasteiger partial charge in [0, 0.05) is 12.1 Å². The first-order valence-corrected chi connectivity index (χ1v) is 9.04. The lowest BCUT2D eigenvalue weighted by Crippen LogP contribution is -2.15. The van der Waals surface area contributed by atoms with Gasteiger partial charge < -0.3 is 5.32 Å². The van der Waals surface area contributed by atoms with E-state index in [-0.39, 0.29) is 23.2 Å². The minimum absolute atomic E-state index is 0.0206. The summed E-state index contributed by atoms with van der Waals surface area (Å²) in [5.74, 6) is -0.748. The minimum atomic E-state index is -0.501. The highest BCUT2D eigenvalue weighted by Crippen LogP contribution is 2.25. The summed E-state index contributed by atoms with van der Waals surface area (Å²) in [6, 6.07) is 12.0. The lowest BCUT2D eigenvalue weighted by atomic mass is 10.2. The van der Waals surface area contributed by atoms with Crippen molar-refractivity contribution in [1.82, 2.24) is 14.8 Å². The van der Waals surface area contributed by atoms with E-state index < -0.39 is 5.82 Å². The third-order valence-corrected chi connectivity index (χ3v) is 4.56. The number of para-hydroxylation sites is 1. The fourth-order valence-electron chi connectivity index (χ4n) is 2.41. The van der Waals surface area contributed by atoms with Gasteiger partial charge in [-0.15, -0.1) is 16.8 Å². The largest absolute Gasteiger partial charge is 0.323 e. The fourth-order valence-corrected chi connectivity index (χ4v) is 3.16. The molecule has 2 aromatic carbocycles. The van der Waals surface area contributed by atoms with Crippen LogP contribution >= 0.6 is 11.8 Å². The second-order valence-electron chi connectivity index (χ2n) is 5.53. The first-order valence-electron chi connectivity index (χ1n) is 8.05. The topological polar surface area (TPSA) is 59.8 Å². The Bertz CT molecular complexity index is 974. The Morgan fingerprint density at radius 3 is 2.74 bits per heavy atom. The van der Waals surface area contributed by atoms with E-state index in [2.05, 4.69) is 22.1 Å². The Kier molecular flexibility index (Phi) is 5.97. The molecule has 1 aromatic heterocycles. The van der Waals surface area contributed by atoms with Gasteiger partial charge in [0.25, 0.3) is 0 Å². The first-order chi connectivity index (χ1) is 13.1. The maximum absolute atomic E-state index is 13.6. The highest BCUT2D eigenvalue weighted by Gasteiger charge is 2.16. The van der Waals surface area contributed by atoms with E-state index in [1.54, 1.807) is 34.9 Å². The van der Waals surface area contributed by atoms with Crippen molar-refractivity contribution in [3.05, 3.63) is 72.8 Å². The Balaban J connectivity index is 1.74. The molecule has 8 heteroatoms. The predicted octanol–water partition coefficient (Wildman–Crippen LogP) is 4.14. The summed E-state index contributed by atoms with van der Waals surface area (Å²) in [6.45, 7) is 4.11. The molecular weight excluding hydrogens is 370 g/mol. The number of nitrogens with one attached hydrogen (secondary N) is 1. The van der Waals surface area contributed by atoms with E-state index in [9.17, 15) is 13.6 Å². The van der Waals surface area contributed by atoms with Crippen LogP contribution in [0.5, 0.6) is 0 Å². The lowest BCUT2D eigenvalue weighted by Gasteiger charge is -2.08. The average molecular weight is 386 g/mol. The van der Waals surface area contributed by atoms with Crippen molar-refractivity contribution in [2.24, 2.45) is 0 Å². The smallest absolute Gasteiger partial charge is 0.234 e. The molecule has 5 nitrogen and oxygen atoms in total. The predicted molar refractivity (Wildman–Crippen MR) is 101 cm³/mol. The highest BCUT2D eigenvalue weighted by molar-refractivity contribution is 7.99. The zero-order valence-electron chi connectivity index (χ0n) is 14.2. The molecule has 1 amide bonds. The van der Waals surface area contributed by atoms with Gasteiger partial charge in [-0.1, -0.05) is 42.1 Å². The molecule has 0 aliphatic heterocycles. The van der Waals surface area contributed by atoms with Gasteiger partial charge in [0.05, 0.1) is 11.4 Å². The summed E-state index contributed by atoms with van der Waals surface area (Å²) in [5, 5.41) is 11.2. The summed E-state index contributed by atoms with van der Waals surface area (Å²) < 4.78 is 28.9. The van der Waals surface area contributed by atoms with Crippen LogP contribution in [0, 0.1) is 11.6 Å². The van der Waals surface area contributed by atoms with Crippen LogP contribution < -0.4 is 5.32 Å². The van der Waals surface area contributed by atoms with Crippen LogP contribution in [0.15, 0.2) is 66.3 Å². The van der Waals surface area contributed by atoms with Gasteiger partial charge in [0.15, 0.2) is 11.0 Å². The van der Waals surface area contributed by atoms with Crippen molar-refractivity contribution in [2.45, 2.75) is 11.7 Å². The van der Waals surface area contributed by atoms with E-state index in [1.165, 1.54) is 24.3 Å². The number of halogens is 2. The van der Waals surface area contributed by atoms with E-state index in [4.69, 9.17) is 0 Å². The van der Waals surface area contributed by atoms with Crippen molar-refractivity contribution >= 4 is 23.4 Å². The van der Waals surface area contributed by atoms with Crippen molar-refractivity contribution in [1.29, 1.82) is 0 Å². The lowest BCUT2D eigenvalue weighted by molar-refractivity contribution is -0.113. The van der Waals surface area contributed by atoms with Crippen LogP contribution in [0.2, 0.25) is 0 Å². The molecule has 3 aromatic rings. The summed E-state index contributed by atoms with van der Waals surface area (Å²) >= 11 is 1.15. The number of hydrogen-bond donors (Lipinski definition) is 1. The van der Waals surface area contributed by atoms with Crippen LogP contribution in [0.3, 0.4) is 0 Å². The van der Waals surface area contributed by atoms with Crippen molar-refractivity contribution in [3.63, 3.8) is 0 Å². The monoisotopic (exact) mass is 386 g/mol. The van der Waals surface area contributed by atoms with Gasteiger partial charge >= 0.3 is 0 Å². The standard InChI is InChI=1S/C19H16F2N4OS/c1-2-10-25-18(13-6-5-7-14(20)11-13)23-24-19(25)27-12-17(26)22-16-9-4-3-8-15(16)21/h2-9,11H,1,10,12H2,(H,22,26). The van der Waals surface area contributed by atoms with Crippen LogP contribution in [-0.4, -0.2) is 26.4 Å². The fraction of sp³-hybridized carbons (Fsp3) is 0.105. The molecule has 0 aliphatic carbocycles. The van der Waals surface area contributed by atoms with Crippen LogP contribution in [-0.2, 0) is 11.3 Å². The summed E-state index contributed by atoms with van der Waals surface area (Å²) in [6.07, 6.45) is 1.66. The number of thioether (sulfide) groups is 1. The Labute approximate surface area is 159 Å². The zero-order chi connectivity index (χ0) is 19.2. The molecule has 3 rings (SSSR count). The molecule has 1 N–H and O–H groups in total. The van der Waals surface area contributed by atoms with Gasteiger partial charge in [-0.25, -0.2) is 8.78 Å². The second kappa shape index (κ2) is 8.59. The van der Waals surface area contributed by atoms with E-state index >= 15 is 0 Å². The summed E-state index contributed by atoms with van der Waals surface area (Å²) in [7, 11) is 0. The van der Waals surface area contributed by atoms with Crippen molar-refractivity contribution in [3.8, 4) is 11.4 Å². The van der Waals surface area contributed by atoms with E-state index in [0.29, 0.717) is 23.1 Å². The third-order valence-electron chi connectivity index (χ3n) is 3.59.